The molecule has 0 aromatic carbocycles. The van der Waals surface area contributed by atoms with Gasteiger partial charge in [-0.15, -0.1) is 0 Å². The number of hydrogen-bond acceptors (Lipinski definition) is 2. The first-order chi connectivity index (χ1) is 8.42. The molecule has 1 N–H and O–H groups in total. The van der Waals surface area contributed by atoms with Crippen LogP contribution < -0.4 is 5.32 Å². The molecule has 1 fully saturated rings. The van der Waals surface area contributed by atoms with Gasteiger partial charge in [-0.1, -0.05) is 0 Å². The maximum atomic E-state index is 13.1. The van der Waals surface area contributed by atoms with Crippen molar-refractivity contribution in [2.75, 3.05) is 6.54 Å². The predicted molar refractivity (Wildman–Crippen MR) is 60.1 cm³/mol. The quantitative estimate of drug-likeness (QED) is 0.839. The van der Waals surface area contributed by atoms with Crippen molar-refractivity contribution in [1.29, 1.82) is 0 Å². The molecular formula is C12H16F3N3. The highest BCUT2D eigenvalue weighted by molar-refractivity contribution is 5.24. The van der Waals surface area contributed by atoms with Crippen LogP contribution in [0.4, 0.5) is 13.2 Å². The second-order valence-corrected chi connectivity index (χ2v) is 5.44. The lowest BCUT2D eigenvalue weighted by atomic mass is 9.77. The molecule has 100 valence electrons. The summed E-state index contributed by atoms with van der Waals surface area (Å²) in [6, 6.07) is 0. The van der Waals surface area contributed by atoms with Crippen molar-refractivity contribution in [2.45, 2.75) is 50.9 Å². The lowest BCUT2D eigenvalue weighted by Crippen LogP contribution is -2.41. The van der Waals surface area contributed by atoms with E-state index in [-0.39, 0.29) is 5.54 Å². The summed E-state index contributed by atoms with van der Waals surface area (Å²) in [6.45, 7) is 3.09. The molecule has 1 aromatic rings. The Morgan fingerprint density at radius 2 is 2.06 bits per heavy atom. The van der Waals surface area contributed by atoms with E-state index >= 15 is 0 Å². The van der Waals surface area contributed by atoms with Gasteiger partial charge in [0.15, 0.2) is 0 Å². The Morgan fingerprint density at radius 3 is 2.61 bits per heavy atom. The molecular weight excluding hydrogens is 243 g/mol. The third-order valence-electron chi connectivity index (χ3n) is 4.11. The molecule has 1 aromatic heterocycles. The molecule has 18 heavy (non-hydrogen) atoms. The normalized spacial score (nSPS) is 22.4. The Hall–Kier alpha value is -1.04. The van der Waals surface area contributed by atoms with Gasteiger partial charge >= 0.3 is 6.18 Å². The minimum Gasteiger partial charge on any atom is -0.318 e. The molecule has 0 bridgehead atoms. The average molecular weight is 259 g/mol. The Kier molecular flexibility index (Phi) is 2.49. The predicted octanol–water partition coefficient (Wildman–Crippen LogP) is 2.45. The van der Waals surface area contributed by atoms with Gasteiger partial charge in [-0.2, -0.15) is 13.2 Å². The van der Waals surface area contributed by atoms with Crippen molar-refractivity contribution in [3.8, 4) is 0 Å². The zero-order valence-electron chi connectivity index (χ0n) is 10.3. The first-order valence-electron chi connectivity index (χ1n) is 6.31. The minimum atomic E-state index is -4.37. The Labute approximate surface area is 103 Å². The number of aromatic nitrogens is 2. The highest BCUT2D eigenvalue weighted by Gasteiger charge is 2.46. The van der Waals surface area contributed by atoms with E-state index < -0.39 is 12.0 Å². The van der Waals surface area contributed by atoms with Crippen LogP contribution in [-0.4, -0.2) is 16.1 Å². The Balaban J connectivity index is 2.16. The van der Waals surface area contributed by atoms with Gasteiger partial charge in [0.1, 0.15) is 0 Å². The molecule has 0 radical (unpaired) electrons. The number of nitrogens with zero attached hydrogens (tertiary/aromatic N) is 2. The van der Waals surface area contributed by atoms with Crippen molar-refractivity contribution in [2.24, 2.45) is 0 Å². The lowest BCUT2D eigenvalue weighted by molar-refractivity contribution is -0.150. The second-order valence-electron chi connectivity index (χ2n) is 5.44. The minimum absolute atomic E-state index is 0.386. The summed E-state index contributed by atoms with van der Waals surface area (Å²) in [5.41, 5.74) is 0.966. The van der Waals surface area contributed by atoms with E-state index in [0.29, 0.717) is 18.7 Å². The molecule has 0 spiro atoms. The van der Waals surface area contributed by atoms with Gasteiger partial charge in [-0.3, -0.25) is 0 Å². The van der Waals surface area contributed by atoms with Gasteiger partial charge in [0, 0.05) is 30.7 Å². The molecule has 2 heterocycles. The van der Waals surface area contributed by atoms with E-state index in [1.807, 2.05) is 6.92 Å². The third-order valence-corrected chi connectivity index (χ3v) is 4.11. The van der Waals surface area contributed by atoms with E-state index in [0.717, 1.165) is 31.5 Å². The van der Waals surface area contributed by atoms with Crippen LogP contribution >= 0.6 is 0 Å². The van der Waals surface area contributed by atoms with Crippen LogP contribution in [0.1, 0.15) is 43.4 Å². The zero-order valence-corrected chi connectivity index (χ0v) is 10.3. The molecule has 3 nitrogen and oxygen atoms in total. The van der Waals surface area contributed by atoms with Crippen molar-refractivity contribution in [3.05, 3.63) is 17.2 Å². The van der Waals surface area contributed by atoms with Gasteiger partial charge in [0.2, 0.25) is 5.82 Å². The lowest BCUT2D eigenvalue weighted by Gasteiger charge is -2.42. The van der Waals surface area contributed by atoms with E-state index in [1.54, 1.807) is 0 Å². The molecule has 6 heteroatoms. The Bertz CT molecular complexity index is 472. The largest absolute Gasteiger partial charge is 0.449 e. The number of hydrogen-bond donors (Lipinski definition) is 1. The number of alkyl halides is 3. The zero-order chi connectivity index (χ0) is 13.0. The fourth-order valence-corrected chi connectivity index (χ4v) is 2.99. The summed E-state index contributed by atoms with van der Waals surface area (Å²) in [6.07, 6.45) is -1.11. The van der Waals surface area contributed by atoms with Crippen molar-refractivity contribution < 1.29 is 13.2 Å². The van der Waals surface area contributed by atoms with Gasteiger partial charge < -0.3 is 9.88 Å². The average Bonchev–Trinajstić information content (AvgIpc) is 2.65. The topological polar surface area (TPSA) is 29.9 Å². The molecule has 0 amide bonds. The van der Waals surface area contributed by atoms with E-state index in [9.17, 15) is 13.2 Å². The molecule has 1 aliphatic heterocycles. The summed E-state index contributed by atoms with van der Waals surface area (Å²) in [7, 11) is 0. The number of halogens is 3. The smallest absolute Gasteiger partial charge is 0.318 e. The van der Waals surface area contributed by atoms with Gasteiger partial charge in [0.25, 0.3) is 0 Å². The van der Waals surface area contributed by atoms with Gasteiger partial charge in [-0.05, 0) is 26.2 Å². The Morgan fingerprint density at radius 1 is 1.33 bits per heavy atom. The highest BCUT2D eigenvalue weighted by atomic mass is 19.4. The van der Waals surface area contributed by atoms with Crippen LogP contribution in [0, 0.1) is 0 Å². The second kappa shape index (κ2) is 3.73. The number of imidazole rings is 1. The molecule has 0 saturated heterocycles. The van der Waals surface area contributed by atoms with Crippen LogP contribution in [0.2, 0.25) is 0 Å². The summed E-state index contributed by atoms with van der Waals surface area (Å²) in [5.74, 6) is -0.710. The molecule has 0 unspecified atom stereocenters. The number of rotatable bonds is 1. The van der Waals surface area contributed by atoms with Crippen LogP contribution in [0.15, 0.2) is 0 Å². The first-order valence-corrected chi connectivity index (χ1v) is 6.31. The monoisotopic (exact) mass is 259 g/mol. The van der Waals surface area contributed by atoms with E-state index in [4.69, 9.17) is 0 Å². The summed E-state index contributed by atoms with van der Waals surface area (Å²) >= 11 is 0. The number of nitrogens with one attached hydrogen (secondary N) is 1. The molecule has 1 saturated carbocycles. The van der Waals surface area contributed by atoms with Crippen LogP contribution in [-0.2, 0) is 24.7 Å². The highest BCUT2D eigenvalue weighted by Crippen LogP contribution is 2.44. The van der Waals surface area contributed by atoms with Crippen molar-refractivity contribution in [1.82, 2.24) is 14.9 Å². The van der Waals surface area contributed by atoms with Crippen molar-refractivity contribution in [3.63, 3.8) is 0 Å². The summed E-state index contributed by atoms with van der Waals surface area (Å²) in [5, 5.41) is 3.08. The van der Waals surface area contributed by atoms with E-state index in [1.165, 1.54) is 4.57 Å². The SMILES string of the molecule is CC1(n2c(C(F)(F)F)nc3c2CCNC3)CCC1. The third kappa shape index (κ3) is 1.66. The molecule has 1 aliphatic carbocycles. The first kappa shape index (κ1) is 12.0. The summed E-state index contributed by atoms with van der Waals surface area (Å²) in [4.78, 5) is 3.85. The standard InChI is InChI=1S/C12H16F3N3/c1-11(4-2-5-11)18-9-3-6-16-7-8(9)17-10(18)12(13,14)15/h16H,2-7H2,1H3. The van der Waals surface area contributed by atoms with Crippen LogP contribution in [0.5, 0.6) is 0 Å². The molecule has 0 atom stereocenters. The summed E-state index contributed by atoms with van der Waals surface area (Å²) < 4.78 is 40.8. The molecule has 2 aliphatic rings. The van der Waals surface area contributed by atoms with Gasteiger partial charge in [-0.25, -0.2) is 4.98 Å². The van der Waals surface area contributed by atoms with Gasteiger partial charge in [0.05, 0.1) is 5.69 Å². The van der Waals surface area contributed by atoms with E-state index in [2.05, 4.69) is 10.3 Å². The fraction of sp³-hybridized carbons (Fsp3) is 0.750. The fourth-order valence-electron chi connectivity index (χ4n) is 2.99. The number of fused-ring (bicyclic) bond motifs is 1. The van der Waals surface area contributed by atoms with Crippen molar-refractivity contribution >= 4 is 0 Å². The van der Waals surface area contributed by atoms with Crippen LogP contribution in [0.25, 0.3) is 0 Å². The maximum absolute atomic E-state index is 13.1. The maximum Gasteiger partial charge on any atom is 0.449 e. The molecule has 3 rings (SSSR count). The van der Waals surface area contributed by atoms with Crippen LogP contribution in [0.3, 0.4) is 0 Å².